The SMILES string of the molecule is CNC(=O)Nc1nccc(Oc2ccc(NC(=O)Nc3cc(O)nn3-c3ccc(C)cc3)c(Cl)c2Cl)n1. The molecule has 5 N–H and O–H groups in total. The Kier molecular flexibility index (Phi) is 7.60. The van der Waals surface area contributed by atoms with Crippen LogP contribution in [0.25, 0.3) is 5.69 Å². The molecule has 190 valence electrons. The first-order valence-electron chi connectivity index (χ1n) is 10.6. The smallest absolute Gasteiger partial charge is 0.324 e. The van der Waals surface area contributed by atoms with Crippen LogP contribution in [0.15, 0.2) is 54.7 Å². The zero-order valence-corrected chi connectivity index (χ0v) is 20.9. The van der Waals surface area contributed by atoms with Crippen LogP contribution in [0.3, 0.4) is 0 Å². The summed E-state index contributed by atoms with van der Waals surface area (Å²) in [5.41, 5.74) is 1.89. The number of rotatable bonds is 6. The maximum absolute atomic E-state index is 12.7. The van der Waals surface area contributed by atoms with Crippen LogP contribution in [0.1, 0.15) is 5.56 Å². The fourth-order valence-electron chi connectivity index (χ4n) is 3.05. The third-order valence-electron chi connectivity index (χ3n) is 4.81. The standard InChI is InChI=1S/C23H20Cl2N8O4/c1-12-3-5-13(6-4-12)33-16(11-17(34)32-33)29-23(36)28-14-7-8-15(20(25)19(14)24)37-18-9-10-27-21(30-18)31-22(35)26-2/h3-11H,1-2H3,(H,32,34)(H2,28,29,36)(H2,26,27,30,31,35). The average Bonchev–Trinajstić information content (AvgIpc) is 3.24. The van der Waals surface area contributed by atoms with Gasteiger partial charge >= 0.3 is 12.1 Å². The third kappa shape index (κ3) is 6.18. The summed E-state index contributed by atoms with van der Waals surface area (Å²) in [6.45, 7) is 1.94. The molecule has 0 aliphatic heterocycles. The molecule has 4 rings (SSSR count). The predicted molar refractivity (Wildman–Crippen MR) is 139 cm³/mol. The molecule has 0 saturated heterocycles. The molecular formula is C23H20Cl2N8O4. The number of nitrogens with one attached hydrogen (secondary N) is 4. The lowest BCUT2D eigenvalue weighted by Crippen LogP contribution is -2.25. The number of ether oxygens (including phenoxy) is 1. The zero-order chi connectivity index (χ0) is 26.5. The van der Waals surface area contributed by atoms with E-state index in [1.807, 2.05) is 19.1 Å². The molecule has 0 bridgehead atoms. The number of aromatic hydroxyl groups is 1. The Hall–Kier alpha value is -4.55. The van der Waals surface area contributed by atoms with Gasteiger partial charge in [-0.15, -0.1) is 5.10 Å². The number of benzene rings is 2. The number of hydrogen-bond acceptors (Lipinski definition) is 7. The molecule has 2 aromatic heterocycles. The van der Waals surface area contributed by atoms with Crippen LogP contribution in [-0.2, 0) is 0 Å². The van der Waals surface area contributed by atoms with Crippen LogP contribution in [-0.4, -0.2) is 44.0 Å². The van der Waals surface area contributed by atoms with E-state index in [-0.39, 0.29) is 45.0 Å². The Labute approximate surface area is 220 Å². The maximum atomic E-state index is 12.7. The molecule has 0 aliphatic carbocycles. The molecule has 0 radical (unpaired) electrons. The molecule has 4 amide bonds. The molecule has 0 spiro atoms. The van der Waals surface area contributed by atoms with Gasteiger partial charge in [0, 0.05) is 25.4 Å². The summed E-state index contributed by atoms with van der Waals surface area (Å²) in [5.74, 6) is 0.235. The van der Waals surface area contributed by atoms with Crippen molar-refractivity contribution in [1.29, 1.82) is 0 Å². The minimum absolute atomic E-state index is 0.0150. The van der Waals surface area contributed by atoms with Crippen molar-refractivity contribution in [2.75, 3.05) is 23.0 Å². The van der Waals surface area contributed by atoms with Crippen molar-refractivity contribution in [2.45, 2.75) is 6.92 Å². The van der Waals surface area contributed by atoms with Crippen LogP contribution in [0, 0.1) is 6.92 Å². The first-order valence-corrected chi connectivity index (χ1v) is 11.4. The van der Waals surface area contributed by atoms with Crippen LogP contribution >= 0.6 is 23.2 Å². The number of carbonyl (C=O) groups excluding carboxylic acids is 2. The highest BCUT2D eigenvalue weighted by molar-refractivity contribution is 6.45. The number of aryl methyl sites for hydroxylation is 1. The first kappa shape index (κ1) is 25.5. The summed E-state index contributed by atoms with van der Waals surface area (Å²) >= 11 is 12.7. The second-order valence-corrected chi connectivity index (χ2v) is 8.23. The third-order valence-corrected chi connectivity index (χ3v) is 5.67. The number of anilines is 3. The van der Waals surface area contributed by atoms with Crippen molar-refractivity contribution >= 4 is 52.7 Å². The number of halogens is 2. The van der Waals surface area contributed by atoms with Crippen LogP contribution in [0.4, 0.5) is 27.0 Å². The van der Waals surface area contributed by atoms with Gasteiger partial charge in [0.05, 0.1) is 16.4 Å². The predicted octanol–water partition coefficient (Wildman–Crippen LogP) is 5.17. The largest absolute Gasteiger partial charge is 0.492 e. The number of carbonyl (C=O) groups is 2. The van der Waals surface area contributed by atoms with E-state index >= 15 is 0 Å². The Balaban J connectivity index is 1.47. The van der Waals surface area contributed by atoms with Gasteiger partial charge in [-0.2, -0.15) is 4.98 Å². The molecule has 0 aliphatic rings. The number of amides is 4. The second kappa shape index (κ2) is 11.0. The van der Waals surface area contributed by atoms with Gasteiger partial charge < -0.3 is 20.5 Å². The molecule has 4 aromatic rings. The topological polar surface area (TPSA) is 155 Å². The monoisotopic (exact) mass is 542 g/mol. The van der Waals surface area contributed by atoms with Gasteiger partial charge in [0.1, 0.15) is 16.6 Å². The normalized spacial score (nSPS) is 10.5. The summed E-state index contributed by atoms with van der Waals surface area (Å²) in [6, 6.07) is 12.0. The Morgan fingerprint density at radius 2 is 1.73 bits per heavy atom. The first-order chi connectivity index (χ1) is 17.7. The summed E-state index contributed by atoms with van der Waals surface area (Å²) in [6.07, 6.45) is 1.39. The van der Waals surface area contributed by atoms with E-state index in [2.05, 4.69) is 36.3 Å². The summed E-state index contributed by atoms with van der Waals surface area (Å²) in [5, 5.41) is 23.9. The highest BCUT2D eigenvalue weighted by atomic mass is 35.5. The fourth-order valence-corrected chi connectivity index (χ4v) is 3.46. The maximum Gasteiger partial charge on any atom is 0.324 e. The van der Waals surface area contributed by atoms with E-state index in [9.17, 15) is 14.7 Å². The van der Waals surface area contributed by atoms with Gasteiger partial charge in [0.2, 0.25) is 17.7 Å². The highest BCUT2D eigenvalue weighted by Crippen LogP contribution is 2.39. The average molecular weight is 543 g/mol. The Bertz CT molecular complexity index is 1460. The van der Waals surface area contributed by atoms with Crippen molar-refractivity contribution in [3.63, 3.8) is 0 Å². The molecule has 2 heterocycles. The van der Waals surface area contributed by atoms with Crippen molar-refractivity contribution in [2.24, 2.45) is 0 Å². The van der Waals surface area contributed by atoms with Crippen LogP contribution in [0.5, 0.6) is 17.5 Å². The lowest BCUT2D eigenvalue weighted by atomic mass is 10.2. The number of urea groups is 2. The summed E-state index contributed by atoms with van der Waals surface area (Å²) in [7, 11) is 1.45. The van der Waals surface area contributed by atoms with Crippen LogP contribution in [0.2, 0.25) is 10.0 Å². The molecule has 12 nitrogen and oxygen atoms in total. The summed E-state index contributed by atoms with van der Waals surface area (Å²) < 4.78 is 7.05. The molecule has 14 heteroatoms. The Morgan fingerprint density at radius 1 is 0.973 bits per heavy atom. The molecule has 0 unspecified atom stereocenters. The number of aromatic nitrogens is 4. The minimum atomic E-state index is -0.652. The molecule has 0 fully saturated rings. The van der Waals surface area contributed by atoms with E-state index in [0.717, 1.165) is 5.56 Å². The molecule has 37 heavy (non-hydrogen) atoms. The highest BCUT2D eigenvalue weighted by Gasteiger charge is 2.17. The van der Waals surface area contributed by atoms with Gasteiger partial charge in [-0.3, -0.25) is 10.6 Å². The molecule has 0 atom stereocenters. The van der Waals surface area contributed by atoms with Gasteiger partial charge in [0.15, 0.2) is 0 Å². The zero-order valence-electron chi connectivity index (χ0n) is 19.4. The van der Waals surface area contributed by atoms with E-state index in [1.165, 1.54) is 42.2 Å². The molecule has 2 aromatic carbocycles. The quantitative estimate of drug-likeness (QED) is 0.225. The van der Waals surface area contributed by atoms with Crippen LogP contribution < -0.4 is 26.0 Å². The summed E-state index contributed by atoms with van der Waals surface area (Å²) in [4.78, 5) is 32.1. The lowest BCUT2D eigenvalue weighted by molar-refractivity contribution is 0.253. The van der Waals surface area contributed by atoms with Crippen molar-refractivity contribution in [3.8, 4) is 23.2 Å². The molecular weight excluding hydrogens is 523 g/mol. The van der Waals surface area contributed by atoms with Gasteiger partial charge in [0.25, 0.3) is 0 Å². The fraction of sp³-hybridized carbons (Fsp3) is 0.0870. The Morgan fingerprint density at radius 3 is 2.46 bits per heavy atom. The lowest BCUT2D eigenvalue weighted by Gasteiger charge is -2.13. The minimum Gasteiger partial charge on any atom is -0.492 e. The van der Waals surface area contributed by atoms with Gasteiger partial charge in [-0.25, -0.2) is 19.3 Å². The second-order valence-electron chi connectivity index (χ2n) is 7.48. The van der Waals surface area contributed by atoms with Crippen molar-refractivity contribution < 1.29 is 19.4 Å². The van der Waals surface area contributed by atoms with E-state index in [1.54, 1.807) is 12.1 Å². The van der Waals surface area contributed by atoms with Gasteiger partial charge in [-0.05, 0) is 31.2 Å². The number of hydrogen-bond donors (Lipinski definition) is 5. The van der Waals surface area contributed by atoms with E-state index in [0.29, 0.717) is 5.69 Å². The van der Waals surface area contributed by atoms with Crippen molar-refractivity contribution in [1.82, 2.24) is 25.1 Å². The van der Waals surface area contributed by atoms with E-state index in [4.69, 9.17) is 27.9 Å². The van der Waals surface area contributed by atoms with Crippen molar-refractivity contribution in [3.05, 3.63) is 70.3 Å². The van der Waals surface area contributed by atoms with Gasteiger partial charge in [-0.1, -0.05) is 40.9 Å². The number of nitrogens with zero attached hydrogens (tertiary/aromatic N) is 4. The molecule has 0 saturated carbocycles. The van der Waals surface area contributed by atoms with E-state index < -0.39 is 12.1 Å².